The van der Waals surface area contributed by atoms with Crippen molar-refractivity contribution in [1.82, 2.24) is 0 Å². The molecule has 7 heteroatoms. The van der Waals surface area contributed by atoms with Gasteiger partial charge in [0.25, 0.3) is 0 Å². The van der Waals surface area contributed by atoms with Crippen molar-refractivity contribution in [3.63, 3.8) is 0 Å². The number of rotatable bonds is 9. The monoisotopic (exact) mass is 333 g/mol. The van der Waals surface area contributed by atoms with Gasteiger partial charge in [-0.2, -0.15) is 13.2 Å². The van der Waals surface area contributed by atoms with Crippen molar-refractivity contribution >= 4 is 5.97 Å². The van der Waals surface area contributed by atoms with E-state index in [4.69, 9.17) is 4.74 Å². The molecular weight excluding hydrogens is 313 g/mol. The Balaban J connectivity index is 2.55. The Morgan fingerprint density at radius 1 is 1.30 bits per heavy atom. The van der Waals surface area contributed by atoms with E-state index < -0.39 is 30.8 Å². The minimum absolute atomic E-state index is 0.0707. The Morgan fingerprint density at radius 2 is 2.04 bits per heavy atom. The summed E-state index contributed by atoms with van der Waals surface area (Å²) in [5, 5.41) is 9.65. The van der Waals surface area contributed by atoms with Crippen LogP contribution in [0.4, 0.5) is 13.2 Å². The zero-order chi connectivity index (χ0) is 17.3. The second-order valence-corrected chi connectivity index (χ2v) is 4.93. The third-order valence-corrected chi connectivity index (χ3v) is 3.10. The van der Waals surface area contributed by atoms with Crippen LogP contribution in [0.3, 0.4) is 0 Å². The standard InChI is InChI=1S/C16H20F3O4/c1-2-22-11-10-13(20)8-9-14(16(17,18)19)23-15(21)12-6-4-3-5-7-12/h3-6,13-14,20H,2,8-11H2,1H3. The van der Waals surface area contributed by atoms with Gasteiger partial charge < -0.3 is 14.6 Å². The molecule has 0 aliphatic heterocycles. The fraction of sp³-hybridized carbons (Fsp3) is 0.562. The van der Waals surface area contributed by atoms with Gasteiger partial charge in [-0.25, -0.2) is 4.79 Å². The van der Waals surface area contributed by atoms with Gasteiger partial charge in [0.05, 0.1) is 11.7 Å². The second-order valence-electron chi connectivity index (χ2n) is 4.93. The molecule has 0 aromatic heterocycles. The molecule has 1 aromatic carbocycles. The molecule has 0 aliphatic carbocycles. The maximum Gasteiger partial charge on any atom is 0.425 e. The van der Waals surface area contributed by atoms with Gasteiger partial charge in [0.2, 0.25) is 0 Å². The van der Waals surface area contributed by atoms with E-state index in [1.54, 1.807) is 13.0 Å². The first-order valence-corrected chi connectivity index (χ1v) is 7.34. The van der Waals surface area contributed by atoms with Crippen molar-refractivity contribution in [3.05, 3.63) is 35.9 Å². The molecule has 0 spiro atoms. The molecule has 129 valence electrons. The number of aliphatic hydroxyl groups is 1. The van der Waals surface area contributed by atoms with Crippen LogP contribution in [-0.4, -0.2) is 42.7 Å². The first-order chi connectivity index (χ1) is 10.8. The minimum atomic E-state index is -4.69. The highest BCUT2D eigenvalue weighted by molar-refractivity contribution is 5.89. The Hall–Kier alpha value is -1.60. The van der Waals surface area contributed by atoms with Crippen LogP contribution < -0.4 is 0 Å². The molecule has 23 heavy (non-hydrogen) atoms. The van der Waals surface area contributed by atoms with Crippen molar-refractivity contribution < 1.29 is 32.5 Å². The SMILES string of the molecule is CCOCCC(O)CCC(OC(=O)c1[c]cccc1)C(F)(F)F. The van der Waals surface area contributed by atoms with E-state index >= 15 is 0 Å². The minimum Gasteiger partial charge on any atom is -0.449 e. The average molecular weight is 333 g/mol. The van der Waals surface area contributed by atoms with Crippen LogP contribution in [0.25, 0.3) is 0 Å². The van der Waals surface area contributed by atoms with Crippen LogP contribution in [0, 0.1) is 6.07 Å². The number of benzene rings is 1. The van der Waals surface area contributed by atoms with Gasteiger partial charge in [0, 0.05) is 13.2 Å². The topological polar surface area (TPSA) is 55.8 Å². The van der Waals surface area contributed by atoms with Gasteiger partial charge in [-0.05, 0) is 38.3 Å². The number of esters is 1. The Bertz CT molecular complexity index is 462. The fourth-order valence-corrected chi connectivity index (χ4v) is 1.85. The van der Waals surface area contributed by atoms with Crippen LogP contribution in [0.1, 0.15) is 36.5 Å². The molecule has 1 radical (unpaired) electrons. The molecular formula is C16H20F3O4. The Morgan fingerprint density at radius 3 is 2.61 bits per heavy atom. The molecule has 2 atom stereocenters. The van der Waals surface area contributed by atoms with Crippen LogP contribution in [0.5, 0.6) is 0 Å². The van der Waals surface area contributed by atoms with E-state index in [0.717, 1.165) is 0 Å². The van der Waals surface area contributed by atoms with E-state index in [2.05, 4.69) is 10.8 Å². The molecule has 0 bridgehead atoms. The smallest absolute Gasteiger partial charge is 0.425 e. The third kappa shape index (κ3) is 7.47. The van der Waals surface area contributed by atoms with Crippen molar-refractivity contribution in [1.29, 1.82) is 0 Å². The lowest BCUT2D eigenvalue weighted by Crippen LogP contribution is -2.34. The number of hydrogen-bond acceptors (Lipinski definition) is 4. The van der Waals surface area contributed by atoms with Crippen LogP contribution in [0.2, 0.25) is 0 Å². The van der Waals surface area contributed by atoms with Gasteiger partial charge in [0.15, 0.2) is 6.10 Å². The number of alkyl halides is 3. The number of ether oxygens (including phenoxy) is 2. The molecule has 0 saturated carbocycles. The quantitative estimate of drug-likeness (QED) is 0.557. The molecule has 0 heterocycles. The molecule has 4 nitrogen and oxygen atoms in total. The van der Waals surface area contributed by atoms with Crippen molar-refractivity contribution in [2.24, 2.45) is 0 Å². The predicted octanol–water partition coefficient (Wildman–Crippen LogP) is 3.14. The highest BCUT2D eigenvalue weighted by atomic mass is 19.4. The number of carbonyl (C=O) groups excluding carboxylic acids is 1. The number of hydrogen-bond donors (Lipinski definition) is 1. The van der Waals surface area contributed by atoms with E-state index in [1.807, 2.05) is 0 Å². The lowest BCUT2D eigenvalue weighted by Gasteiger charge is -2.22. The number of halogens is 3. The molecule has 0 aliphatic rings. The van der Waals surface area contributed by atoms with Crippen molar-refractivity contribution in [2.75, 3.05) is 13.2 Å². The van der Waals surface area contributed by atoms with Crippen molar-refractivity contribution in [3.8, 4) is 0 Å². The van der Waals surface area contributed by atoms with E-state index in [-0.39, 0.29) is 25.0 Å². The van der Waals surface area contributed by atoms with Crippen LogP contribution in [-0.2, 0) is 9.47 Å². The molecule has 1 rings (SSSR count). The van der Waals surface area contributed by atoms with Gasteiger partial charge in [-0.15, -0.1) is 0 Å². The maximum absolute atomic E-state index is 13.0. The summed E-state index contributed by atoms with van der Waals surface area (Å²) in [4.78, 5) is 11.7. The van der Waals surface area contributed by atoms with Gasteiger partial charge in [-0.1, -0.05) is 18.2 Å². The molecule has 0 saturated heterocycles. The molecule has 1 N–H and O–H groups in total. The highest BCUT2D eigenvalue weighted by Crippen LogP contribution is 2.28. The molecule has 2 unspecified atom stereocenters. The first kappa shape index (κ1) is 19.4. The van der Waals surface area contributed by atoms with Crippen LogP contribution >= 0.6 is 0 Å². The Labute approximate surface area is 133 Å². The summed E-state index contributed by atoms with van der Waals surface area (Å²) in [6, 6.07) is 8.35. The summed E-state index contributed by atoms with van der Waals surface area (Å²) < 4.78 is 48.4. The molecule has 0 fully saturated rings. The number of carbonyl (C=O) groups is 1. The van der Waals surface area contributed by atoms with Gasteiger partial charge in [-0.3, -0.25) is 0 Å². The third-order valence-electron chi connectivity index (χ3n) is 3.10. The maximum atomic E-state index is 13.0. The van der Waals surface area contributed by atoms with Gasteiger partial charge in [0.1, 0.15) is 0 Å². The normalized spacial score (nSPS) is 14.3. The summed E-state index contributed by atoms with van der Waals surface area (Å²) >= 11 is 0. The van der Waals surface area contributed by atoms with Crippen molar-refractivity contribution in [2.45, 2.75) is 44.6 Å². The summed E-state index contributed by atoms with van der Waals surface area (Å²) in [6.07, 6.45) is -8.29. The first-order valence-electron chi connectivity index (χ1n) is 7.34. The Kier molecular flexibility index (Phi) is 8.05. The second kappa shape index (κ2) is 9.52. The fourth-order valence-electron chi connectivity index (χ4n) is 1.85. The van der Waals surface area contributed by atoms with Crippen LogP contribution in [0.15, 0.2) is 24.3 Å². The molecule has 1 aromatic rings. The highest BCUT2D eigenvalue weighted by Gasteiger charge is 2.42. The largest absolute Gasteiger partial charge is 0.449 e. The lowest BCUT2D eigenvalue weighted by atomic mass is 10.1. The zero-order valence-electron chi connectivity index (χ0n) is 12.8. The lowest BCUT2D eigenvalue weighted by molar-refractivity contribution is -0.207. The summed E-state index contributed by atoms with van der Waals surface area (Å²) in [7, 11) is 0. The predicted molar refractivity (Wildman–Crippen MR) is 76.9 cm³/mol. The summed E-state index contributed by atoms with van der Waals surface area (Å²) in [5.41, 5.74) is -0.0707. The molecule has 0 amide bonds. The summed E-state index contributed by atoms with van der Waals surface area (Å²) in [5.74, 6) is -1.09. The van der Waals surface area contributed by atoms with E-state index in [1.165, 1.54) is 18.2 Å². The van der Waals surface area contributed by atoms with E-state index in [0.29, 0.717) is 6.61 Å². The zero-order valence-corrected chi connectivity index (χ0v) is 12.8. The summed E-state index contributed by atoms with van der Waals surface area (Å²) in [6.45, 7) is 2.53. The van der Waals surface area contributed by atoms with E-state index in [9.17, 15) is 23.1 Å². The average Bonchev–Trinajstić information content (AvgIpc) is 2.51. The van der Waals surface area contributed by atoms with Gasteiger partial charge >= 0.3 is 12.1 Å². The number of aliphatic hydroxyl groups excluding tert-OH is 1.